The van der Waals surface area contributed by atoms with E-state index in [0.717, 1.165) is 11.1 Å². The second-order valence-corrected chi connectivity index (χ2v) is 5.08. The van der Waals surface area contributed by atoms with Crippen LogP contribution in [0.15, 0.2) is 47.6 Å². The van der Waals surface area contributed by atoms with Crippen LogP contribution in [0.25, 0.3) is 21.8 Å². The van der Waals surface area contributed by atoms with E-state index in [9.17, 15) is 4.79 Å². The number of hydrazone groups is 1. The number of para-hydroxylation sites is 1. The molecule has 0 aliphatic carbocycles. The number of nitrogens with zero attached hydrogens (tertiary/aromatic N) is 2. The highest BCUT2D eigenvalue weighted by Crippen LogP contribution is 2.30. The van der Waals surface area contributed by atoms with E-state index in [1.54, 1.807) is 6.21 Å². The molecule has 1 N–H and O–H groups in total. The molecule has 1 atom stereocenters. The molecule has 4 nitrogen and oxygen atoms in total. The van der Waals surface area contributed by atoms with E-state index in [-0.39, 0.29) is 11.8 Å². The summed E-state index contributed by atoms with van der Waals surface area (Å²) >= 11 is 0. The molecule has 20 heavy (non-hydrogen) atoms. The number of aryl methyl sites for hydroxylation is 1. The lowest BCUT2D eigenvalue weighted by Gasteiger charge is -2.06. The molecule has 2 heterocycles. The number of rotatable bonds is 1. The van der Waals surface area contributed by atoms with E-state index in [4.69, 9.17) is 0 Å². The summed E-state index contributed by atoms with van der Waals surface area (Å²) in [6, 6.07) is 14.5. The highest BCUT2D eigenvalue weighted by Gasteiger charge is 2.23. The maximum absolute atomic E-state index is 11.7. The number of hydrogen-bond donors (Lipinski definition) is 1. The van der Waals surface area contributed by atoms with Crippen LogP contribution < -0.4 is 5.43 Å². The van der Waals surface area contributed by atoms with Crippen molar-refractivity contribution in [3.63, 3.8) is 0 Å². The molecule has 4 heteroatoms. The average Bonchev–Trinajstić information content (AvgIpc) is 3.02. The van der Waals surface area contributed by atoms with Gasteiger partial charge in [-0.15, -0.1) is 0 Å². The van der Waals surface area contributed by atoms with E-state index < -0.39 is 0 Å². The van der Waals surface area contributed by atoms with Crippen LogP contribution in [-0.2, 0) is 11.8 Å². The number of nitrogens with one attached hydrogen (secondary N) is 1. The summed E-state index contributed by atoms with van der Waals surface area (Å²) in [7, 11) is 2.05. The van der Waals surface area contributed by atoms with E-state index in [2.05, 4.69) is 46.4 Å². The number of carbonyl (C=O) groups excluding carboxylic acids is 1. The van der Waals surface area contributed by atoms with Gasteiger partial charge in [0, 0.05) is 35.1 Å². The molecule has 2 aromatic carbocycles. The smallest absolute Gasteiger partial charge is 0.253 e. The predicted molar refractivity (Wildman–Crippen MR) is 79.8 cm³/mol. The van der Waals surface area contributed by atoms with Crippen molar-refractivity contribution in [1.82, 2.24) is 9.99 Å². The Morgan fingerprint density at radius 2 is 1.90 bits per heavy atom. The third-order valence-electron chi connectivity index (χ3n) is 3.98. The summed E-state index contributed by atoms with van der Waals surface area (Å²) in [4.78, 5) is 11.7. The van der Waals surface area contributed by atoms with Crippen molar-refractivity contribution in [1.29, 1.82) is 0 Å². The van der Waals surface area contributed by atoms with Gasteiger partial charge in [-0.2, -0.15) is 5.10 Å². The van der Waals surface area contributed by atoms with Gasteiger partial charge >= 0.3 is 0 Å². The second kappa shape index (κ2) is 3.93. The summed E-state index contributed by atoms with van der Waals surface area (Å²) in [5.74, 6) is -0.347. The van der Waals surface area contributed by atoms with E-state index in [1.807, 2.05) is 18.2 Å². The fraction of sp³-hybridized carbons (Fsp3) is 0.125. The number of benzene rings is 2. The lowest BCUT2D eigenvalue weighted by atomic mass is 9.99. The van der Waals surface area contributed by atoms with Crippen molar-refractivity contribution < 1.29 is 4.79 Å². The van der Waals surface area contributed by atoms with Gasteiger partial charge < -0.3 is 4.57 Å². The summed E-state index contributed by atoms with van der Waals surface area (Å²) < 4.78 is 2.16. The molecule has 0 radical (unpaired) electrons. The van der Waals surface area contributed by atoms with Gasteiger partial charge in [0.2, 0.25) is 0 Å². The van der Waals surface area contributed by atoms with Crippen LogP contribution in [0.1, 0.15) is 11.5 Å². The predicted octanol–water partition coefficient (Wildman–Crippen LogP) is 2.53. The molecule has 0 spiro atoms. The zero-order valence-corrected chi connectivity index (χ0v) is 11.0. The number of fused-ring (bicyclic) bond motifs is 3. The zero-order valence-electron chi connectivity index (χ0n) is 11.0. The summed E-state index contributed by atoms with van der Waals surface area (Å²) in [5, 5.41) is 6.28. The molecule has 0 fully saturated rings. The first-order valence-electron chi connectivity index (χ1n) is 6.56. The number of hydrogen-bond acceptors (Lipinski definition) is 2. The van der Waals surface area contributed by atoms with E-state index in [0.29, 0.717) is 0 Å². The van der Waals surface area contributed by atoms with E-state index in [1.165, 1.54) is 16.3 Å². The molecule has 4 rings (SSSR count). The van der Waals surface area contributed by atoms with Crippen LogP contribution in [0, 0.1) is 0 Å². The summed E-state index contributed by atoms with van der Waals surface area (Å²) in [6.07, 6.45) is 1.66. The SMILES string of the molecule is Cn1c2ccccc2c2ccc([C@@H]3C=NNC3=O)cc21. The van der Waals surface area contributed by atoms with Gasteiger partial charge in [-0.25, -0.2) is 5.43 Å². The van der Waals surface area contributed by atoms with Gasteiger partial charge in [-0.1, -0.05) is 30.3 Å². The molecular weight excluding hydrogens is 250 g/mol. The normalized spacial score (nSPS) is 18.1. The molecule has 0 saturated carbocycles. The van der Waals surface area contributed by atoms with Crippen LogP contribution in [0.2, 0.25) is 0 Å². The Morgan fingerprint density at radius 1 is 1.10 bits per heavy atom. The highest BCUT2D eigenvalue weighted by molar-refractivity contribution is 6.09. The minimum atomic E-state index is -0.280. The standard InChI is InChI=1S/C16H13N3O/c1-19-14-5-3-2-4-11(14)12-7-6-10(8-15(12)19)13-9-17-18-16(13)20/h2-9,13H,1H3,(H,18,20)/t13-/m0/s1. The second-order valence-electron chi connectivity index (χ2n) is 5.08. The minimum absolute atomic E-state index is 0.0666. The van der Waals surface area contributed by atoms with E-state index >= 15 is 0 Å². The first kappa shape index (κ1) is 11.2. The van der Waals surface area contributed by atoms with Crippen molar-refractivity contribution >= 4 is 33.9 Å². The van der Waals surface area contributed by atoms with Gasteiger partial charge in [-0.3, -0.25) is 4.79 Å². The Bertz CT molecular complexity index is 876. The molecule has 3 aromatic rings. The van der Waals surface area contributed by atoms with Crippen molar-refractivity contribution in [2.75, 3.05) is 0 Å². The Kier molecular flexibility index (Phi) is 2.21. The Hall–Kier alpha value is -2.62. The first-order chi connectivity index (χ1) is 9.75. The molecule has 98 valence electrons. The molecule has 1 amide bonds. The maximum atomic E-state index is 11.7. The van der Waals surface area contributed by atoms with Crippen molar-refractivity contribution in [3.05, 3.63) is 48.0 Å². The first-order valence-corrected chi connectivity index (χ1v) is 6.56. The molecule has 1 aliphatic rings. The van der Waals surface area contributed by atoms with Gasteiger partial charge in [0.05, 0.1) is 0 Å². The molecular formula is C16H13N3O. The van der Waals surface area contributed by atoms with Crippen LogP contribution in [0.4, 0.5) is 0 Å². The lowest BCUT2D eigenvalue weighted by Crippen LogP contribution is -2.18. The van der Waals surface area contributed by atoms with Crippen molar-refractivity contribution in [2.24, 2.45) is 12.1 Å². The van der Waals surface area contributed by atoms with Crippen molar-refractivity contribution in [2.45, 2.75) is 5.92 Å². The molecule has 1 aliphatic heterocycles. The molecule has 0 bridgehead atoms. The Morgan fingerprint density at radius 3 is 2.70 bits per heavy atom. The lowest BCUT2D eigenvalue weighted by molar-refractivity contribution is -0.120. The third-order valence-corrected chi connectivity index (χ3v) is 3.98. The van der Waals surface area contributed by atoms with Gasteiger partial charge in [0.25, 0.3) is 5.91 Å². The average molecular weight is 263 g/mol. The van der Waals surface area contributed by atoms with Crippen molar-refractivity contribution in [3.8, 4) is 0 Å². The van der Waals surface area contributed by atoms with Gasteiger partial charge in [0.15, 0.2) is 0 Å². The summed E-state index contributed by atoms with van der Waals surface area (Å²) in [6.45, 7) is 0. The molecule has 1 aromatic heterocycles. The molecule has 0 unspecified atom stereocenters. The largest absolute Gasteiger partial charge is 0.344 e. The zero-order chi connectivity index (χ0) is 13.7. The third kappa shape index (κ3) is 1.42. The molecule has 0 saturated heterocycles. The fourth-order valence-corrected chi connectivity index (χ4v) is 2.92. The Labute approximate surface area is 115 Å². The summed E-state index contributed by atoms with van der Waals surface area (Å²) in [5.41, 5.74) is 5.79. The fourth-order valence-electron chi connectivity index (χ4n) is 2.92. The number of aromatic nitrogens is 1. The monoisotopic (exact) mass is 263 g/mol. The maximum Gasteiger partial charge on any atom is 0.253 e. The van der Waals surface area contributed by atoms with Crippen LogP contribution in [0.3, 0.4) is 0 Å². The quantitative estimate of drug-likeness (QED) is 0.720. The topological polar surface area (TPSA) is 46.4 Å². The highest BCUT2D eigenvalue weighted by atomic mass is 16.2. The van der Waals surface area contributed by atoms with Gasteiger partial charge in [-0.05, 0) is 17.7 Å². The van der Waals surface area contributed by atoms with Crippen LogP contribution >= 0.6 is 0 Å². The minimum Gasteiger partial charge on any atom is -0.344 e. The van der Waals surface area contributed by atoms with Crippen LogP contribution in [0.5, 0.6) is 0 Å². The Balaban J connectivity index is 2.00. The number of amides is 1. The van der Waals surface area contributed by atoms with Crippen LogP contribution in [-0.4, -0.2) is 16.7 Å². The van der Waals surface area contributed by atoms with Gasteiger partial charge in [0.1, 0.15) is 5.92 Å². The number of carbonyl (C=O) groups is 1.